The monoisotopic (exact) mass is 480 g/mol. The maximum Gasteiger partial charge on any atom is 0.173 e. The second-order valence-electron chi connectivity index (χ2n) is 7.74. The number of hydrogen-bond donors (Lipinski definition) is 2. The van der Waals surface area contributed by atoms with E-state index >= 15 is 0 Å². The van der Waals surface area contributed by atoms with E-state index in [1.807, 2.05) is 54.6 Å². The highest BCUT2D eigenvalue weighted by Crippen LogP contribution is 2.43. The molecule has 7 nitrogen and oxygen atoms in total. The van der Waals surface area contributed by atoms with Crippen LogP contribution in [0.1, 0.15) is 0 Å². The smallest absolute Gasteiger partial charge is 0.173 e. The van der Waals surface area contributed by atoms with E-state index in [4.69, 9.17) is 23.7 Å². The van der Waals surface area contributed by atoms with Crippen molar-refractivity contribution >= 4 is 10.8 Å². The zero-order valence-corrected chi connectivity index (χ0v) is 19.7. The summed E-state index contributed by atoms with van der Waals surface area (Å²) in [5, 5.41) is 22.0. The number of aliphatic hydroxyl groups is 2. The first-order chi connectivity index (χ1) is 17.1. The van der Waals surface area contributed by atoms with Gasteiger partial charge in [0.15, 0.2) is 11.5 Å². The Morgan fingerprint density at radius 1 is 0.686 bits per heavy atom. The van der Waals surface area contributed by atoms with Crippen LogP contribution in [0.5, 0.6) is 23.0 Å². The molecule has 2 N–H and O–H groups in total. The molecule has 0 aromatic heterocycles. The molecule has 3 aromatic rings. The molecule has 186 valence electrons. The van der Waals surface area contributed by atoms with Crippen LogP contribution in [-0.4, -0.2) is 62.1 Å². The SMILES string of the molecule is C=CCOCC(O)COc1cc(Oc2ccccc2)c(OCC(O)COCC=C)c2ccccc12. The highest BCUT2D eigenvalue weighted by Gasteiger charge is 2.19. The molecular weight excluding hydrogens is 448 g/mol. The van der Waals surface area contributed by atoms with Gasteiger partial charge in [-0.2, -0.15) is 0 Å². The lowest BCUT2D eigenvalue weighted by molar-refractivity contribution is 0.0207. The minimum absolute atomic E-state index is 0.00580. The van der Waals surface area contributed by atoms with Gasteiger partial charge in [-0.05, 0) is 12.1 Å². The molecule has 3 rings (SSSR count). The lowest BCUT2D eigenvalue weighted by atomic mass is 10.1. The van der Waals surface area contributed by atoms with E-state index in [1.54, 1.807) is 18.2 Å². The Bertz CT molecular complexity index is 1070. The van der Waals surface area contributed by atoms with E-state index in [-0.39, 0.29) is 26.4 Å². The highest BCUT2D eigenvalue weighted by atomic mass is 16.5. The van der Waals surface area contributed by atoms with Crippen LogP contribution in [0, 0.1) is 0 Å². The average Bonchev–Trinajstić information content (AvgIpc) is 2.87. The summed E-state index contributed by atoms with van der Waals surface area (Å²) in [7, 11) is 0. The molecule has 3 aromatic carbocycles. The van der Waals surface area contributed by atoms with Gasteiger partial charge in [0.1, 0.15) is 36.9 Å². The number of hydrogen-bond acceptors (Lipinski definition) is 7. The predicted molar refractivity (Wildman–Crippen MR) is 135 cm³/mol. The second-order valence-corrected chi connectivity index (χ2v) is 7.74. The molecule has 7 heteroatoms. The van der Waals surface area contributed by atoms with Gasteiger partial charge in [0.2, 0.25) is 0 Å². The van der Waals surface area contributed by atoms with E-state index in [9.17, 15) is 10.2 Å². The Labute approximate surface area is 205 Å². The summed E-state index contributed by atoms with van der Waals surface area (Å²) in [4.78, 5) is 0. The fourth-order valence-corrected chi connectivity index (χ4v) is 3.29. The van der Waals surface area contributed by atoms with Crippen LogP contribution in [0.3, 0.4) is 0 Å². The van der Waals surface area contributed by atoms with E-state index < -0.39 is 12.2 Å². The molecule has 0 fully saturated rings. The number of benzene rings is 3. The molecule has 0 saturated carbocycles. The fourth-order valence-electron chi connectivity index (χ4n) is 3.29. The van der Waals surface area contributed by atoms with Gasteiger partial charge >= 0.3 is 0 Å². The Kier molecular flexibility index (Phi) is 10.6. The molecule has 0 aliphatic rings. The maximum atomic E-state index is 10.3. The average molecular weight is 481 g/mol. The van der Waals surface area contributed by atoms with Gasteiger partial charge in [-0.25, -0.2) is 0 Å². The maximum absolute atomic E-state index is 10.3. The molecule has 0 radical (unpaired) electrons. The van der Waals surface area contributed by atoms with Gasteiger partial charge in [-0.15, -0.1) is 13.2 Å². The summed E-state index contributed by atoms with van der Waals surface area (Å²) in [6.45, 7) is 8.17. The molecule has 0 heterocycles. The lowest BCUT2D eigenvalue weighted by Gasteiger charge is -2.20. The molecule has 2 atom stereocenters. The van der Waals surface area contributed by atoms with Crippen molar-refractivity contribution in [3.8, 4) is 23.0 Å². The van der Waals surface area contributed by atoms with Gasteiger partial charge < -0.3 is 33.9 Å². The van der Waals surface area contributed by atoms with Crippen LogP contribution in [0.2, 0.25) is 0 Å². The number of rotatable bonds is 16. The summed E-state index contributed by atoms with van der Waals surface area (Å²) >= 11 is 0. The molecule has 0 amide bonds. The Morgan fingerprint density at radius 3 is 1.89 bits per heavy atom. The molecular formula is C28H32O7. The third-order valence-corrected chi connectivity index (χ3v) is 4.84. The zero-order chi connectivity index (χ0) is 24.9. The van der Waals surface area contributed by atoms with E-state index in [1.165, 1.54) is 0 Å². The van der Waals surface area contributed by atoms with Crippen LogP contribution in [-0.2, 0) is 9.47 Å². The van der Waals surface area contributed by atoms with Crippen LogP contribution in [0.25, 0.3) is 10.8 Å². The van der Waals surface area contributed by atoms with E-state index in [0.29, 0.717) is 36.2 Å². The van der Waals surface area contributed by atoms with Crippen LogP contribution < -0.4 is 14.2 Å². The third kappa shape index (κ3) is 8.12. The topological polar surface area (TPSA) is 86.6 Å². The van der Waals surface area contributed by atoms with Crippen molar-refractivity contribution < 1.29 is 33.9 Å². The molecule has 0 bridgehead atoms. The predicted octanol–water partition coefficient (Wildman–Crippen LogP) is 4.52. The van der Waals surface area contributed by atoms with Crippen molar-refractivity contribution in [1.82, 2.24) is 0 Å². The van der Waals surface area contributed by atoms with Gasteiger partial charge in [0.25, 0.3) is 0 Å². The molecule has 0 aliphatic carbocycles. The van der Waals surface area contributed by atoms with Gasteiger partial charge in [-0.3, -0.25) is 0 Å². The van der Waals surface area contributed by atoms with Gasteiger partial charge in [0.05, 0.1) is 26.4 Å². The number of fused-ring (bicyclic) bond motifs is 1. The van der Waals surface area contributed by atoms with Crippen LogP contribution in [0.4, 0.5) is 0 Å². The van der Waals surface area contributed by atoms with Crippen molar-refractivity contribution in [2.75, 3.05) is 39.6 Å². The zero-order valence-electron chi connectivity index (χ0n) is 19.7. The normalized spacial score (nSPS) is 12.6. The van der Waals surface area contributed by atoms with Crippen molar-refractivity contribution in [3.05, 3.63) is 86.0 Å². The van der Waals surface area contributed by atoms with Crippen molar-refractivity contribution in [3.63, 3.8) is 0 Å². The Hall–Kier alpha value is -3.36. The number of ether oxygens (including phenoxy) is 5. The summed E-state index contributed by atoms with van der Waals surface area (Å²) in [6, 6.07) is 18.6. The Balaban J connectivity index is 1.88. The second kappa shape index (κ2) is 14.1. The molecule has 0 spiro atoms. The third-order valence-electron chi connectivity index (χ3n) is 4.84. The minimum atomic E-state index is -0.833. The molecule has 35 heavy (non-hydrogen) atoms. The molecule has 2 unspecified atom stereocenters. The van der Waals surface area contributed by atoms with Crippen molar-refractivity contribution in [2.45, 2.75) is 12.2 Å². The number of para-hydroxylation sites is 1. The summed E-state index contributed by atoms with van der Waals surface area (Å²) < 4.78 is 28.8. The largest absolute Gasteiger partial charge is 0.490 e. The fraction of sp³-hybridized carbons (Fsp3) is 0.286. The van der Waals surface area contributed by atoms with E-state index in [2.05, 4.69) is 13.2 Å². The standard InChI is InChI=1S/C28H32O7/c1-3-14-31-17-21(29)19-33-26-16-27(35-23-10-6-5-7-11-23)28(25-13-9-8-12-24(25)26)34-20-22(30)18-32-15-4-2/h3-13,16,21-22,29-30H,1-2,14-15,17-20H2. The summed E-state index contributed by atoms with van der Waals surface area (Å²) in [5.74, 6) is 2.03. The first-order valence-electron chi connectivity index (χ1n) is 11.4. The minimum Gasteiger partial charge on any atom is -0.490 e. The first kappa shape index (κ1) is 26.2. The van der Waals surface area contributed by atoms with Crippen molar-refractivity contribution in [1.29, 1.82) is 0 Å². The highest BCUT2D eigenvalue weighted by molar-refractivity contribution is 5.95. The Morgan fingerprint density at radius 2 is 1.26 bits per heavy atom. The quantitative estimate of drug-likeness (QED) is 0.230. The van der Waals surface area contributed by atoms with E-state index in [0.717, 1.165) is 10.8 Å². The summed E-state index contributed by atoms with van der Waals surface area (Å²) in [6.07, 6.45) is 1.60. The lowest BCUT2D eigenvalue weighted by Crippen LogP contribution is -2.24. The van der Waals surface area contributed by atoms with Gasteiger partial charge in [-0.1, -0.05) is 54.6 Å². The van der Waals surface area contributed by atoms with Crippen LogP contribution in [0.15, 0.2) is 86.0 Å². The first-order valence-corrected chi connectivity index (χ1v) is 11.4. The molecule has 0 aliphatic heterocycles. The summed E-state index contributed by atoms with van der Waals surface area (Å²) in [5.41, 5.74) is 0. The number of aliphatic hydroxyl groups excluding tert-OH is 2. The van der Waals surface area contributed by atoms with Gasteiger partial charge in [0, 0.05) is 16.8 Å². The van der Waals surface area contributed by atoms with Crippen molar-refractivity contribution in [2.24, 2.45) is 0 Å². The van der Waals surface area contributed by atoms with Crippen LogP contribution >= 0.6 is 0 Å². The molecule has 0 saturated heterocycles.